The molecule has 252 valence electrons. The maximum atomic E-state index is 6.00. The molecule has 0 fully saturated rings. The van der Waals surface area contributed by atoms with Gasteiger partial charge in [0, 0.05) is 43.7 Å². The highest BCUT2D eigenvalue weighted by atomic mass is 16.5. The average molecular weight is 646 g/mol. The molecule has 0 N–H and O–H groups in total. The molecule has 3 aromatic carbocycles. The van der Waals surface area contributed by atoms with Gasteiger partial charge in [-0.1, -0.05) is 86.2 Å². The summed E-state index contributed by atoms with van der Waals surface area (Å²) in [5.41, 5.74) is 8.01. The predicted octanol–water partition coefficient (Wildman–Crippen LogP) is 9.93. The fraction of sp³-hybridized carbons (Fsp3) is 0.357. The molecule has 0 atom stereocenters. The summed E-state index contributed by atoms with van der Waals surface area (Å²) < 4.78 is 20.3. The number of imidazole rings is 1. The Morgan fingerprint density at radius 1 is 0.792 bits per heavy atom. The SMILES string of the molecule is CCCCn1c(-c2ccccc2)nc(-c2cccc(OCC)c2)c1CN(CC1=CC=CCC(OCC)=C1)Cc1ccc(OCC)c(C)c1. The highest BCUT2D eigenvalue weighted by molar-refractivity contribution is 5.69. The van der Waals surface area contributed by atoms with Gasteiger partial charge in [0.05, 0.1) is 37.0 Å². The van der Waals surface area contributed by atoms with Crippen LogP contribution in [-0.2, 0) is 24.4 Å². The van der Waals surface area contributed by atoms with Crippen molar-refractivity contribution >= 4 is 0 Å². The van der Waals surface area contributed by atoms with Crippen LogP contribution in [0.5, 0.6) is 11.5 Å². The molecular formula is C42H51N3O3. The van der Waals surface area contributed by atoms with E-state index in [4.69, 9.17) is 19.2 Å². The Bertz CT molecular complexity index is 1720. The molecule has 1 aliphatic carbocycles. The molecule has 4 aromatic rings. The first-order valence-corrected chi connectivity index (χ1v) is 17.5. The first-order chi connectivity index (χ1) is 23.5. The van der Waals surface area contributed by atoms with Crippen LogP contribution in [-0.4, -0.2) is 40.8 Å². The van der Waals surface area contributed by atoms with Gasteiger partial charge in [-0.05, 0) is 75.1 Å². The summed E-state index contributed by atoms with van der Waals surface area (Å²) in [7, 11) is 0. The zero-order valence-electron chi connectivity index (χ0n) is 29.4. The molecule has 48 heavy (non-hydrogen) atoms. The Morgan fingerprint density at radius 3 is 2.33 bits per heavy atom. The standard InChI is InChI=1S/C42H51N3O3/c1-6-10-25-45-39(41(36-20-16-22-38(28-36)47-8-3)43-42(45)35-18-12-11-13-19-35)31-44(29-33-17-14-15-21-37(27-33)46-7-2)30-34-23-24-40(48-9-4)32(5)26-34/h11-20,22-24,26-28H,6-10,21,25,29-31H2,1-5H3. The summed E-state index contributed by atoms with van der Waals surface area (Å²) in [6.45, 7) is 15.5. The van der Waals surface area contributed by atoms with Crippen molar-refractivity contribution in [1.82, 2.24) is 14.5 Å². The number of benzene rings is 3. The fourth-order valence-electron chi connectivity index (χ4n) is 6.24. The van der Waals surface area contributed by atoms with Gasteiger partial charge >= 0.3 is 0 Å². The number of hydrogen-bond donors (Lipinski definition) is 0. The Balaban J connectivity index is 1.63. The second-order valence-corrected chi connectivity index (χ2v) is 12.2. The molecule has 0 aliphatic heterocycles. The van der Waals surface area contributed by atoms with Crippen molar-refractivity contribution in [3.05, 3.63) is 125 Å². The largest absolute Gasteiger partial charge is 0.498 e. The summed E-state index contributed by atoms with van der Waals surface area (Å²) in [6.07, 6.45) is 11.7. The average Bonchev–Trinajstić information content (AvgIpc) is 3.29. The quantitative estimate of drug-likeness (QED) is 0.114. The smallest absolute Gasteiger partial charge is 0.140 e. The lowest BCUT2D eigenvalue weighted by Crippen LogP contribution is -2.27. The number of allylic oxidation sites excluding steroid dienone is 3. The third-order valence-corrected chi connectivity index (χ3v) is 8.42. The monoisotopic (exact) mass is 645 g/mol. The van der Waals surface area contributed by atoms with E-state index in [1.807, 2.05) is 26.8 Å². The van der Waals surface area contributed by atoms with Gasteiger partial charge in [-0.15, -0.1) is 0 Å². The van der Waals surface area contributed by atoms with Crippen LogP contribution in [0.3, 0.4) is 0 Å². The van der Waals surface area contributed by atoms with Crippen molar-refractivity contribution in [3.8, 4) is 34.1 Å². The minimum atomic E-state index is 0.618. The van der Waals surface area contributed by atoms with E-state index in [9.17, 15) is 0 Å². The van der Waals surface area contributed by atoms with Crippen LogP contribution < -0.4 is 9.47 Å². The minimum absolute atomic E-state index is 0.618. The molecule has 1 aromatic heterocycles. The predicted molar refractivity (Wildman–Crippen MR) is 197 cm³/mol. The van der Waals surface area contributed by atoms with Crippen molar-refractivity contribution < 1.29 is 14.2 Å². The van der Waals surface area contributed by atoms with E-state index in [2.05, 4.69) is 114 Å². The molecule has 1 aliphatic rings. The van der Waals surface area contributed by atoms with E-state index in [0.29, 0.717) is 26.4 Å². The van der Waals surface area contributed by atoms with Crippen LogP contribution in [0.25, 0.3) is 22.6 Å². The topological polar surface area (TPSA) is 48.8 Å². The third-order valence-electron chi connectivity index (χ3n) is 8.42. The summed E-state index contributed by atoms with van der Waals surface area (Å²) in [6, 6.07) is 25.5. The van der Waals surface area contributed by atoms with Gasteiger partial charge in [0.1, 0.15) is 17.3 Å². The zero-order valence-corrected chi connectivity index (χ0v) is 29.4. The van der Waals surface area contributed by atoms with Crippen LogP contribution in [0.2, 0.25) is 0 Å². The molecule has 0 unspecified atom stereocenters. The molecular weight excluding hydrogens is 594 g/mol. The lowest BCUT2D eigenvalue weighted by Gasteiger charge is -2.25. The molecule has 6 nitrogen and oxygen atoms in total. The molecule has 0 saturated heterocycles. The van der Waals surface area contributed by atoms with Crippen molar-refractivity contribution in [2.24, 2.45) is 0 Å². The number of aryl methyl sites for hydroxylation is 1. The molecule has 1 heterocycles. The third kappa shape index (κ3) is 9.07. The Labute approximate surface area is 287 Å². The van der Waals surface area contributed by atoms with Gasteiger partial charge in [-0.25, -0.2) is 4.98 Å². The molecule has 5 rings (SSSR count). The molecule has 0 amide bonds. The van der Waals surface area contributed by atoms with E-state index < -0.39 is 0 Å². The van der Waals surface area contributed by atoms with E-state index in [1.54, 1.807) is 0 Å². The zero-order chi connectivity index (χ0) is 33.7. The normalized spacial score (nSPS) is 12.9. The highest BCUT2D eigenvalue weighted by Gasteiger charge is 2.23. The summed E-state index contributed by atoms with van der Waals surface area (Å²) in [5.74, 6) is 3.80. The second-order valence-electron chi connectivity index (χ2n) is 12.2. The molecule has 0 bridgehead atoms. The van der Waals surface area contributed by atoms with Crippen LogP contribution in [0.1, 0.15) is 63.8 Å². The van der Waals surface area contributed by atoms with E-state index in [0.717, 1.165) is 84.4 Å². The second kappa shape index (κ2) is 17.6. The van der Waals surface area contributed by atoms with Crippen LogP contribution in [0, 0.1) is 6.92 Å². The molecule has 6 heteroatoms. The van der Waals surface area contributed by atoms with Crippen LogP contribution in [0.4, 0.5) is 0 Å². The Hall–Kier alpha value is -4.55. The number of ether oxygens (including phenoxy) is 3. The number of aromatic nitrogens is 2. The number of rotatable bonds is 17. The van der Waals surface area contributed by atoms with Gasteiger partial charge in [0.2, 0.25) is 0 Å². The van der Waals surface area contributed by atoms with Crippen molar-refractivity contribution in [2.75, 3.05) is 26.4 Å². The minimum Gasteiger partial charge on any atom is -0.498 e. The van der Waals surface area contributed by atoms with E-state index in [1.165, 1.54) is 16.8 Å². The molecule has 0 saturated carbocycles. The molecule has 0 spiro atoms. The van der Waals surface area contributed by atoms with Gasteiger partial charge in [0.25, 0.3) is 0 Å². The number of unbranched alkanes of at least 4 members (excludes halogenated alkanes) is 1. The lowest BCUT2D eigenvalue weighted by molar-refractivity contribution is 0.223. The van der Waals surface area contributed by atoms with Crippen LogP contribution >= 0.6 is 0 Å². The maximum absolute atomic E-state index is 6.00. The van der Waals surface area contributed by atoms with Crippen molar-refractivity contribution in [3.63, 3.8) is 0 Å². The van der Waals surface area contributed by atoms with Crippen molar-refractivity contribution in [1.29, 1.82) is 0 Å². The first-order valence-electron chi connectivity index (χ1n) is 17.5. The number of nitrogens with zero attached hydrogens (tertiary/aromatic N) is 3. The Morgan fingerprint density at radius 2 is 1.58 bits per heavy atom. The van der Waals surface area contributed by atoms with E-state index >= 15 is 0 Å². The lowest BCUT2D eigenvalue weighted by atomic mass is 10.1. The first kappa shape index (κ1) is 34.8. The van der Waals surface area contributed by atoms with Gasteiger partial charge in [-0.2, -0.15) is 0 Å². The van der Waals surface area contributed by atoms with Crippen molar-refractivity contribution in [2.45, 2.75) is 73.5 Å². The summed E-state index contributed by atoms with van der Waals surface area (Å²) >= 11 is 0. The summed E-state index contributed by atoms with van der Waals surface area (Å²) in [5, 5.41) is 0. The maximum Gasteiger partial charge on any atom is 0.140 e. The number of hydrogen-bond acceptors (Lipinski definition) is 5. The van der Waals surface area contributed by atoms with Gasteiger partial charge < -0.3 is 18.8 Å². The summed E-state index contributed by atoms with van der Waals surface area (Å²) in [4.78, 5) is 7.95. The van der Waals surface area contributed by atoms with Crippen LogP contribution in [0.15, 0.2) is 108 Å². The molecule has 0 radical (unpaired) electrons. The van der Waals surface area contributed by atoms with Gasteiger partial charge in [0.15, 0.2) is 0 Å². The Kier molecular flexibility index (Phi) is 12.7. The van der Waals surface area contributed by atoms with E-state index in [-0.39, 0.29) is 0 Å². The fourth-order valence-corrected chi connectivity index (χ4v) is 6.24. The highest BCUT2D eigenvalue weighted by Crippen LogP contribution is 2.33. The van der Waals surface area contributed by atoms with Gasteiger partial charge in [-0.3, -0.25) is 4.90 Å².